The van der Waals surface area contributed by atoms with E-state index < -0.39 is 0 Å². The molecule has 8 nitrogen and oxygen atoms in total. The van der Waals surface area contributed by atoms with Crippen LogP contribution in [0.3, 0.4) is 0 Å². The second-order valence-electron chi connectivity index (χ2n) is 9.26. The van der Waals surface area contributed by atoms with E-state index in [1.165, 1.54) is 0 Å². The molecule has 0 aromatic carbocycles. The fraction of sp³-hybridized carbons (Fsp3) is 0.810. The largest absolute Gasteiger partial charge is 0.392 e. The number of fused-ring (bicyclic) bond motifs is 1. The molecule has 29 heavy (non-hydrogen) atoms. The van der Waals surface area contributed by atoms with Crippen LogP contribution in [0.5, 0.6) is 0 Å². The Balaban J connectivity index is 1.24. The molecule has 0 bridgehead atoms. The standard InChI is InChI=1S/C21H32N4O4/c26-16-11-21(14-25(12-16)15-1-8-28-9-2-15)4-6-24(7-5-21)20(27)19-17-13-29-10-3-18(17)22-23-19/h15-16,26H,1-14H2,(H,22,23). The summed E-state index contributed by atoms with van der Waals surface area (Å²) < 4.78 is 11.0. The molecule has 0 saturated carbocycles. The molecular weight excluding hydrogens is 372 g/mol. The number of hydrogen-bond acceptors (Lipinski definition) is 6. The number of carbonyl (C=O) groups is 1. The zero-order valence-electron chi connectivity index (χ0n) is 17.1. The van der Waals surface area contributed by atoms with Gasteiger partial charge in [-0.15, -0.1) is 0 Å². The van der Waals surface area contributed by atoms with Crippen molar-refractivity contribution in [2.45, 2.75) is 57.3 Å². The van der Waals surface area contributed by atoms with E-state index in [1.807, 2.05) is 4.90 Å². The maximum Gasteiger partial charge on any atom is 0.274 e. The van der Waals surface area contributed by atoms with Gasteiger partial charge >= 0.3 is 0 Å². The summed E-state index contributed by atoms with van der Waals surface area (Å²) in [4.78, 5) is 17.5. The van der Waals surface area contributed by atoms with Crippen LogP contribution in [0.1, 0.15) is 53.8 Å². The lowest BCUT2D eigenvalue weighted by atomic mass is 9.71. The quantitative estimate of drug-likeness (QED) is 0.763. The lowest BCUT2D eigenvalue weighted by molar-refractivity contribution is -0.0695. The second kappa shape index (κ2) is 7.98. The van der Waals surface area contributed by atoms with Gasteiger partial charge in [0, 0.05) is 63.1 Å². The van der Waals surface area contributed by atoms with E-state index in [9.17, 15) is 9.90 Å². The minimum Gasteiger partial charge on any atom is -0.392 e. The molecule has 1 aromatic rings. The first kappa shape index (κ1) is 19.5. The zero-order chi connectivity index (χ0) is 19.8. The number of aliphatic hydroxyl groups excluding tert-OH is 1. The SMILES string of the molecule is O=C(c1n[nH]c2c1COCC2)N1CCC2(CC1)CC(O)CN(C1CCOCC1)C2. The molecule has 5 heterocycles. The van der Waals surface area contributed by atoms with Crippen molar-refractivity contribution in [2.24, 2.45) is 5.41 Å². The predicted octanol–water partition coefficient (Wildman–Crippen LogP) is 0.950. The third kappa shape index (κ3) is 3.83. The van der Waals surface area contributed by atoms with Crippen LogP contribution in [0, 0.1) is 5.41 Å². The van der Waals surface area contributed by atoms with E-state index in [4.69, 9.17) is 9.47 Å². The molecular formula is C21H32N4O4. The van der Waals surface area contributed by atoms with Crippen molar-refractivity contribution in [1.82, 2.24) is 20.0 Å². The predicted molar refractivity (Wildman–Crippen MR) is 106 cm³/mol. The number of H-pyrrole nitrogens is 1. The number of piperidine rings is 2. The first-order valence-electron chi connectivity index (χ1n) is 11.1. The number of carbonyl (C=O) groups excluding carboxylic acids is 1. The monoisotopic (exact) mass is 404 g/mol. The Labute approximate surface area is 171 Å². The highest BCUT2D eigenvalue weighted by Crippen LogP contribution is 2.41. The van der Waals surface area contributed by atoms with Gasteiger partial charge in [-0.05, 0) is 37.5 Å². The van der Waals surface area contributed by atoms with Crippen molar-refractivity contribution >= 4 is 5.91 Å². The zero-order valence-corrected chi connectivity index (χ0v) is 17.1. The van der Waals surface area contributed by atoms with Gasteiger partial charge in [0.05, 0.1) is 19.3 Å². The van der Waals surface area contributed by atoms with Crippen LogP contribution in [0.25, 0.3) is 0 Å². The van der Waals surface area contributed by atoms with Crippen molar-refractivity contribution < 1.29 is 19.4 Å². The molecule has 1 amide bonds. The highest BCUT2D eigenvalue weighted by Gasteiger charge is 2.44. The fourth-order valence-corrected chi connectivity index (χ4v) is 5.71. The molecule has 1 atom stereocenters. The van der Waals surface area contributed by atoms with E-state index in [-0.39, 0.29) is 17.4 Å². The molecule has 3 saturated heterocycles. The lowest BCUT2D eigenvalue weighted by Gasteiger charge is -2.51. The molecule has 2 N–H and O–H groups in total. The topological polar surface area (TPSA) is 90.9 Å². The van der Waals surface area contributed by atoms with Crippen LogP contribution in [-0.2, 0) is 22.5 Å². The van der Waals surface area contributed by atoms with Gasteiger partial charge in [-0.1, -0.05) is 0 Å². The molecule has 1 aromatic heterocycles. The third-order valence-corrected chi connectivity index (χ3v) is 7.37. The average molecular weight is 405 g/mol. The first-order chi connectivity index (χ1) is 14.1. The van der Waals surface area contributed by atoms with Crippen molar-refractivity contribution in [1.29, 1.82) is 0 Å². The molecule has 1 unspecified atom stereocenters. The summed E-state index contributed by atoms with van der Waals surface area (Å²) >= 11 is 0. The molecule has 0 radical (unpaired) electrons. The third-order valence-electron chi connectivity index (χ3n) is 7.37. The Hall–Kier alpha value is -1.48. The Morgan fingerprint density at radius 1 is 1.17 bits per heavy atom. The number of ether oxygens (including phenoxy) is 2. The number of aliphatic hydroxyl groups is 1. The Bertz CT molecular complexity index is 737. The normalized spacial score (nSPS) is 28.4. The average Bonchev–Trinajstić information content (AvgIpc) is 3.18. The summed E-state index contributed by atoms with van der Waals surface area (Å²) in [5.41, 5.74) is 2.61. The number of hydrogen-bond donors (Lipinski definition) is 2. The molecule has 3 fully saturated rings. The van der Waals surface area contributed by atoms with Crippen LogP contribution in [0.2, 0.25) is 0 Å². The Morgan fingerprint density at radius 2 is 1.97 bits per heavy atom. The molecule has 5 rings (SSSR count). The van der Waals surface area contributed by atoms with E-state index in [1.54, 1.807) is 0 Å². The van der Waals surface area contributed by atoms with Crippen molar-refractivity contribution in [3.63, 3.8) is 0 Å². The van der Waals surface area contributed by atoms with Crippen LogP contribution < -0.4 is 0 Å². The summed E-state index contributed by atoms with van der Waals surface area (Å²) in [5.74, 6) is 0.0143. The number of aromatic amines is 1. The number of β-amino-alcohol motifs (C(OH)–C–C–N with tert-alkyl or cyclic N) is 1. The summed E-state index contributed by atoms with van der Waals surface area (Å²) in [6.07, 6.45) is 5.36. The number of aromatic nitrogens is 2. The summed E-state index contributed by atoms with van der Waals surface area (Å²) in [5, 5.41) is 17.9. The van der Waals surface area contributed by atoms with Gasteiger partial charge < -0.3 is 19.5 Å². The number of likely N-dealkylation sites (tertiary alicyclic amines) is 2. The minimum atomic E-state index is -0.274. The van der Waals surface area contributed by atoms with Crippen LogP contribution in [0.4, 0.5) is 0 Å². The minimum absolute atomic E-state index is 0.0143. The summed E-state index contributed by atoms with van der Waals surface area (Å²) in [7, 11) is 0. The number of rotatable bonds is 2. The highest BCUT2D eigenvalue weighted by molar-refractivity contribution is 5.94. The Morgan fingerprint density at radius 3 is 2.76 bits per heavy atom. The van der Waals surface area contributed by atoms with Gasteiger partial charge in [0.2, 0.25) is 0 Å². The van der Waals surface area contributed by atoms with Crippen molar-refractivity contribution in [3.8, 4) is 0 Å². The summed E-state index contributed by atoms with van der Waals surface area (Å²) in [6.45, 7) is 6.06. The second-order valence-corrected chi connectivity index (χ2v) is 9.26. The van der Waals surface area contributed by atoms with E-state index in [2.05, 4.69) is 15.1 Å². The van der Waals surface area contributed by atoms with E-state index in [0.717, 1.165) is 89.2 Å². The first-order valence-corrected chi connectivity index (χ1v) is 11.1. The van der Waals surface area contributed by atoms with Gasteiger partial charge in [0.25, 0.3) is 5.91 Å². The molecule has 8 heteroatoms. The summed E-state index contributed by atoms with van der Waals surface area (Å²) in [6, 6.07) is 0.519. The number of amides is 1. The maximum atomic E-state index is 13.1. The molecule has 160 valence electrons. The number of nitrogens with zero attached hydrogens (tertiary/aromatic N) is 3. The number of nitrogens with one attached hydrogen (secondary N) is 1. The van der Waals surface area contributed by atoms with Crippen LogP contribution >= 0.6 is 0 Å². The molecule has 0 aliphatic carbocycles. The van der Waals surface area contributed by atoms with Crippen molar-refractivity contribution in [2.75, 3.05) is 46.0 Å². The lowest BCUT2D eigenvalue weighted by Crippen LogP contribution is -2.57. The highest BCUT2D eigenvalue weighted by atomic mass is 16.5. The van der Waals surface area contributed by atoms with Gasteiger partial charge in [-0.2, -0.15) is 5.10 Å². The van der Waals surface area contributed by atoms with Gasteiger partial charge in [0.15, 0.2) is 5.69 Å². The molecule has 4 aliphatic rings. The van der Waals surface area contributed by atoms with Crippen molar-refractivity contribution in [3.05, 3.63) is 17.0 Å². The smallest absolute Gasteiger partial charge is 0.274 e. The Kier molecular flexibility index (Phi) is 5.36. The molecule has 4 aliphatic heterocycles. The van der Waals surface area contributed by atoms with E-state index in [0.29, 0.717) is 24.9 Å². The van der Waals surface area contributed by atoms with Crippen LogP contribution in [0.15, 0.2) is 0 Å². The molecule has 1 spiro atoms. The van der Waals surface area contributed by atoms with E-state index >= 15 is 0 Å². The van der Waals surface area contributed by atoms with Crippen LogP contribution in [-0.4, -0.2) is 89.2 Å². The van der Waals surface area contributed by atoms with Gasteiger partial charge in [-0.25, -0.2) is 0 Å². The maximum absolute atomic E-state index is 13.1. The fourth-order valence-electron chi connectivity index (χ4n) is 5.71. The van der Waals surface area contributed by atoms with Gasteiger partial charge in [-0.3, -0.25) is 14.8 Å². The van der Waals surface area contributed by atoms with Gasteiger partial charge in [0.1, 0.15) is 0 Å².